The second-order valence-corrected chi connectivity index (χ2v) is 3.19. The molecular weight excluding hydrogens is 224 g/mol. The molecule has 0 saturated heterocycles. The first-order chi connectivity index (χ1) is 8.19. The highest BCUT2D eigenvalue weighted by molar-refractivity contribution is 5.60. The van der Waals surface area contributed by atoms with Crippen LogP contribution in [0.2, 0.25) is 0 Å². The molecule has 0 aliphatic carbocycles. The van der Waals surface area contributed by atoms with Gasteiger partial charge in [-0.05, 0) is 24.3 Å². The number of aromatic nitrogens is 2. The minimum atomic E-state index is -1.36. The molecule has 1 aromatic heterocycles. The zero-order valence-corrected chi connectivity index (χ0v) is 9.03. The van der Waals surface area contributed by atoms with E-state index in [1.807, 2.05) is 0 Å². The Labute approximate surface area is 97.0 Å². The summed E-state index contributed by atoms with van der Waals surface area (Å²) in [5.41, 5.74) is 0.783. The number of methoxy groups -OCH3 is 1. The van der Waals surface area contributed by atoms with Crippen LogP contribution in [0.15, 0.2) is 36.7 Å². The van der Waals surface area contributed by atoms with Crippen LogP contribution in [0.4, 0.5) is 4.79 Å². The molecule has 0 radical (unpaired) electrons. The molecule has 2 rings (SSSR count). The lowest BCUT2D eigenvalue weighted by atomic mass is 10.3. The first-order valence-corrected chi connectivity index (χ1v) is 4.79. The number of nitrogens with zero attached hydrogens (tertiary/aromatic N) is 2. The Morgan fingerprint density at radius 2 is 2.00 bits per heavy atom. The van der Waals surface area contributed by atoms with Crippen molar-refractivity contribution in [2.45, 2.75) is 0 Å². The summed E-state index contributed by atoms with van der Waals surface area (Å²) in [6.07, 6.45) is 1.45. The van der Waals surface area contributed by atoms with Crippen molar-refractivity contribution >= 4 is 6.16 Å². The van der Waals surface area contributed by atoms with Crippen molar-refractivity contribution in [2.75, 3.05) is 7.11 Å². The van der Waals surface area contributed by atoms with Crippen LogP contribution in [0.3, 0.4) is 0 Å². The summed E-state index contributed by atoms with van der Waals surface area (Å²) in [7, 11) is 1.59. The van der Waals surface area contributed by atoms with Gasteiger partial charge in [-0.3, -0.25) is 0 Å². The largest absolute Gasteiger partial charge is 0.511 e. The van der Waals surface area contributed by atoms with Crippen LogP contribution in [0, 0.1) is 0 Å². The molecule has 1 aromatic carbocycles. The van der Waals surface area contributed by atoms with Crippen molar-refractivity contribution < 1.29 is 19.4 Å². The lowest BCUT2D eigenvalue weighted by molar-refractivity contribution is 0.144. The normalized spacial score (nSPS) is 9.94. The third kappa shape index (κ3) is 2.54. The maximum atomic E-state index is 10.3. The van der Waals surface area contributed by atoms with Gasteiger partial charge >= 0.3 is 6.16 Å². The molecule has 0 saturated carbocycles. The lowest BCUT2D eigenvalue weighted by Gasteiger charge is -2.02. The zero-order valence-electron chi connectivity index (χ0n) is 9.03. The second kappa shape index (κ2) is 4.56. The Hall–Kier alpha value is -2.50. The number of ether oxygens (including phenoxy) is 2. The number of rotatable bonds is 3. The van der Waals surface area contributed by atoms with E-state index < -0.39 is 6.16 Å². The molecule has 0 bridgehead atoms. The Kier molecular flexibility index (Phi) is 2.95. The smallest absolute Gasteiger partial charge is 0.497 e. The molecule has 0 atom stereocenters. The molecule has 1 heterocycles. The summed E-state index contributed by atoms with van der Waals surface area (Å²) in [5.74, 6) is 0.913. The van der Waals surface area contributed by atoms with E-state index in [1.165, 1.54) is 17.1 Å². The Morgan fingerprint density at radius 1 is 1.29 bits per heavy atom. The maximum Gasteiger partial charge on any atom is 0.511 e. The average molecular weight is 234 g/mol. The van der Waals surface area contributed by atoms with Crippen molar-refractivity contribution in [3.63, 3.8) is 0 Å². The van der Waals surface area contributed by atoms with E-state index in [-0.39, 0.29) is 5.75 Å². The summed E-state index contributed by atoms with van der Waals surface area (Å²) < 4.78 is 11.0. The fourth-order valence-corrected chi connectivity index (χ4v) is 1.34. The highest BCUT2D eigenvalue weighted by atomic mass is 16.7. The fourth-order valence-electron chi connectivity index (χ4n) is 1.34. The minimum Gasteiger partial charge on any atom is -0.497 e. The van der Waals surface area contributed by atoms with E-state index in [0.29, 0.717) is 0 Å². The predicted molar refractivity (Wildman–Crippen MR) is 58.8 cm³/mol. The molecule has 0 fully saturated rings. The van der Waals surface area contributed by atoms with Crippen molar-refractivity contribution in [3.8, 4) is 17.2 Å². The molecule has 1 N–H and O–H groups in total. The van der Waals surface area contributed by atoms with Crippen molar-refractivity contribution in [3.05, 3.63) is 36.7 Å². The lowest BCUT2D eigenvalue weighted by Crippen LogP contribution is -2.01. The molecule has 2 aromatic rings. The number of carbonyl (C=O) groups is 1. The second-order valence-electron chi connectivity index (χ2n) is 3.19. The van der Waals surface area contributed by atoms with E-state index in [2.05, 4.69) is 9.84 Å². The first kappa shape index (κ1) is 11.0. The molecule has 0 aliphatic heterocycles. The monoisotopic (exact) mass is 234 g/mol. The third-order valence-corrected chi connectivity index (χ3v) is 2.10. The Balaban J connectivity index is 2.21. The van der Waals surface area contributed by atoms with Crippen LogP contribution in [0.1, 0.15) is 0 Å². The third-order valence-electron chi connectivity index (χ3n) is 2.10. The molecule has 0 aliphatic rings. The summed E-state index contributed by atoms with van der Waals surface area (Å²) >= 11 is 0. The molecule has 17 heavy (non-hydrogen) atoms. The van der Waals surface area contributed by atoms with Crippen molar-refractivity contribution in [1.29, 1.82) is 0 Å². The van der Waals surface area contributed by atoms with Gasteiger partial charge in [0.2, 0.25) is 0 Å². The SMILES string of the molecule is COc1ccc(-n2cc(OC(=O)O)cn2)cc1. The molecule has 0 spiro atoms. The standard InChI is InChI=1S/C11H10N2O4/c1-16-9-4-2-8(3-5-9)13-7-10(6-12-13)17-11(14)15/h2-7H,1H3,(H,14,15). The Morgan fingerprint density at radius 3 is 2.59 bits per heavy atom. The fraction of sp³-hybridized carbons (Fsp3) is 0.0909. The predicted octanol–water partition coefficient (Wildman–Crippen LogP) is 1.94. The van der Waals surface area contributed by atoms with E-state index in [1.54, 1.807) is 31.4 Å². The van der Waals surface area contributed by atoms with E-state index in [4.69, 9.17) is 9.84 Å². The number of carboxylic acid groups (broad SMARTS) is 1. The zero-order chi connectivity index (χ0) is 12.3. The van der Waals surface area contributed by atoms with Gasteiger partial charge in [-0.1, -0.05) is 0 Å². The van der Waals surface area contributed by atoms with Crippen LogP contribution < -0.4 is 9.47 Å². The topological polar surface area (TPSA) is 73.6 Å². The number of hydrogen-bond donors (Lipinski definition) is 1. The summed E-state index contributed by atoms with van der Waals surface area (Å²) in [6.45, 7) is 0. The van der Waals surface area contributed by atoms with Crippen LogP contribution in [0.5, 0.6) is 11.5 Å². The minimum absolute atomic E-state index is 0.174. The van der Waals surface area contributed by atoms with Gasteiger partial charge < -0.3 is 14.6 Å². The van der Waals surface area contributed by atoms with Crippen LogP contribution in [-0.4, -0.2) is 28.2 Å². The Bertz CT molecular complexity index is 519. The highest BCUT2D eigenvalue weighted by Gasteiger charge is 2.05. The van der Waals surface area contributed by atoms with Crippen LogP contribution in [-0.2, 0) is 0 Å². The number of hydrogen-bond acceptors (Lipinski definition) is 4. The molecule has 6 heteroatoms. The molecular formula is C11H10N2O4. The quantitative estimate of drug-likeness (QED) is 0.821. The average Bonchev–Trinajstić information content (AvgIpc) is 2.77. The van der Waals surface area contributed by atoms with Gasteiger partial charge in [0.1, 0.15) is 5.75 Å². The van der Waals surface area contributed by atoms with Crippen LogP contribution >= 0.6 is 0 Å². The van der Waals surface area contributed by atoms with Gasteiger partial charge in [0.25, 0.3) is 0 Å². The number of benzene rings is 1. The first-order valence-electron chi connectivity index (χ1n) is 4.79. The summed E-state index contributed by atoms with van der Waals surface area (Å²) in [4.78, 5) is 10.3. The molecule has 0 amide bonds. The van der Waals surface area contributed by atoms with Gasteiger partial charge in [0, 0.05) is 0 Å². The van der Waals surface area contributed by atoms with Gasteiger partial charge in [0.15, 0.2) is 5.75 Å². The maximum absolute atomic E-state index is 10.3. The van der Waals surface area contributed by atoms with Crippen LogP contribution in [0.25, 0.3) is 5.69 Å². The molecule has 88 valence electrons. The van der Waals surface area contributed by atoms with Gasteiger partial charge in [-0.25, -0.2) is 9.48 Å². The summed E-state index contributed by atoms with van der Waals surface area (Å²) in [6, 6.07) is 7.18. The van der Waals surface area contributed by atoms with Gasteiger partial charge in [-0.15, -0.1) is 0 Å². The van der Waals surface area contributed by atoms with E-state index in [0.717, 1.165) is 11.4 Å². The van der Waals surface area contributed by atoms with Crippen molar-refractivity contribution in [2.24, 2.45) is 0 Å². The van der Waals surface area contributed by atoms with Gasteiger partial charge in [-0.2, -0.15) is 5.10 Å². The van der Waals surface area contributed by atoms with E-state index >= 15 is 0 Å². The highest BCUT2D eigenvalue weighted by Crippen LogP contribution is 2.17. The van der Waals surface area contributed by atoms with Gasteiger partial charge in [0.05, 0.1) is 25.2 Å². The summed E-state index contributed by atoms with van der Waals surface area (Å²) in [5, 5.41) is 12.4. The van der Waals surface area contributed by atoms with E-state index in [9.17, 15) is 4.79 Å². The molecule has 0 unspecified atom stereocenters. The molecule has 6 nitrogen and oxygen atoms in total. The van der Waals surface area contributed by atoms with Crippen molar-refractivity contribution in [1.82, 2.24) is 9.78 Å².